The Morgan fingerprint density at radius 2 is 1.61 bits per heavy atom. The minimum atomic E-state index is 0. The summed E-state index contributed by atoms with van der Waals surface area (Å²) >= 11 is 0. The second-order valence-corrected chi connectivity index (χ2v) is 6.20. The molecule has 3 heterocycles. The summed E-state index contributed by atoms with van der Waals surface area (Å²) in [5.74, 6) is 2.36. The number of rotatable bonds is 7. The minimum absolute atomic E-state index is 0. The topological polar surface area (TPSA) is 94.1 Å². The summed E-state index contributed by atoms with van der Waals surface area (Å²) < 4.78 is 10.9. The van der Waals surface area contributed by atoms with E-state index in [1.54, 1.807) is 32.8 Å². The molecule has 0 amide bonds. The summed E-state index contributed by atoms with van der Waals surface area (Å²) in [6.07, 6.45) is 6.98. The normalized spacial score (nSPS) is 9.87. The third-order valence-electron chi connectivity index (χ3n) is 4.32. The first-order valence-corrected chi connectivity index (χ1v) is 9.00. The number of hydrogen-bond donors (Lipinski definition) is 2. The molecule has 0 radical (unpaired) electrons. The summed E-state index contributed by atoms with van der Waals surface area (Å²) in [4.78, 5) is 17.5. The Balaban J connectivity index is 0.00000171. The Hall–Kier alpha value is -3.36. The van der Waals surface area contributed by atoms with Crippen LogP contribution in [0, 0.1) is 0 Å². The van der Waals surface area contributed by atoms with Gasteiger partial charge in [0.05, 0.1) is 19.7 Å². The molecule has 4 rings (SSSR count). The van der Waals surface area contributed by atoms with Crippen LogP contribution in [-0.4, -0.2) is 34.2 Å². The molecule has 0 aliphatic rings. The van der Waals surface area contributed by atoms with Crippen LogP contribution in [0.15, 0.2) is 61.2 Å². The van der Waals surface area contributed by atoms with Crippen LogP contribution in [0.3, 0.4) is 0 Å². The molecule has 0 atom stereocenters. The van der Waals surface area contributed by atoms with E-state index in [9.17, 15) is 0 Å². The molecule has 10 heteroatoms. The van der Waals surface area contributed by atoms with E-state index in [0.29, 0.717) is 29.8 Å². The Bertz CT molecular complexity index is 1120. The molecule has 4 aromatic rings. The predicted molar refractivity (Wildman–Crippen MR) is 126 cm³/mol. The van der Waals surface area contributed by atoms with Crippen molar-refractivity contribution >= 4 is 53.2 Å². The van der Waals surface area contributed by atoms with Gasteiger partial charge in [0.2, 0.25) is 5.95 Å². The maximum absolute atomic E-state index is 5.45. The maximum atomic E-state index is 5.45. The van der Waals surface area contributed by atoms with Crippen molar-refractivity contribution in [2.45, 2.75) is 6.54 Å². The van der Waals surface area contributed by atoms with Gasteiger partial charge in [-0.25, -0.2) is 4.98 Å². The number of pyridine rings is 2. The van der Waals surface area contributed by atoms with Crippen molar-refractivity contribution in [3.63, 3.8) is 0 Å². The molecule has 8 nitrogen and oxygen atoms in total. The van der Waals surface area contributed by atoms with E-state index >= 15 is 0 Å². The highest BCUT2D eigenvalue weighted by molar-refractivity contribution is 5.93. The molecule has 3 aromatic heterocycles. The summed E-state index contributed by atoms with van der Waals surface area (Å²) in [6.45, 7) is 0.572. The molecule has 0 spiro atoms. The van der Waals surface area contributed by atoms with E-state index < -0.39 is 0 Å². The molecular weight excluding hydrogens is 439 g/mol. The molecule has 162 valence electrons. The zero-order valence-corrected chi connectivity index (χ0v) is 18.5. The van der Waals surface area contributed by atoms with Crippen LogP contribution in [0.5, 0.6) is 11.5 Å². The fraction of sp³-hybridized carbons (Fsp3) is 0.143. The highest BCUT2D eigenvalue weighted by Gasteiger charge is 2.13. The van der Waals surface area contributed by atoms with Gasteiger partial charge in [0.15, 0.2) is 11.5 Å². The van der Waals surface area contributed by atoms with Crippen molar-refractivity contribution < 1.29 is 9.47 Å². The Labute approximate surface area is 192 Å². The zero-order valence-electron chi connectivity index (χ0n) is 16.9. The largest absolute Gasteiger partial charge is 0.493 e. The lowest BCUT2D eigenvalue weighted by Crippen LogP contribution is -2.06. The van der Waals surface area contributed by atoms with Crippen molar-refractivity contribution in [2.24, 2.45) is 0 Å². The molecule has 0 unspecified atom stereocenters. The third-order valence-corrected chi connectivity index (χ3v) is 4.32. The van der Waals surface area contributed by atoms with Gasteiger partial charge in [-0.1, -0.05) is 6.07 Å². The van der Waals surface area contributed by atoms with Crippen LogP contribution in [0.2, 0.25) is 0 Å². The lowest BCUT2D eigenvalue weighted by atomic mass is 10.2. The second-order valence-electron chi connectivity index (χ2n) is 6.20. The number of nitrogens with one attached hydrogen (secondary N) is 2. The van der Waals surface area contributed by atoms with E-state index in [1.807, 2.05) is 42.6 Å². The number of methoxy groups -OCH3 is 2. The summed E-state index contributed by atoms with van der Waals surface area (Å²) in [5.41, 5.74) is 2.62. The zero-order chi connectivity index (χ0) is 20.1. The standard InChI is InChI=1S/C21H20N6O2.2ClH/c1-28-18-10-16-17(11-19(18)29-2)26-21(25-15-5-8-22-9-6-15)27-20(16)24-13-14-4-3-7-23-12-14;;/h3-12H,13H2,1-2H3,(H2,22,24,25,26,27);2*1H. The molecule has 0 aliphatic carbocycles. The molecule has 0 aliphatic heterocycles. The summed E-state index contributed by atoms with van der Waals surface area (Å²) in [5, 5.41) is 7.42. The predicted octanol–water partition coefficient (Wildman–Crippen LogP) is 4.64. The number of nitrogens with zero attached hydrogens (tertiary/aromatic N) is 4. The highest BCUT2D eigenvalue weighted by atomic mass is 35.5. The number of halogens is 2. The minimum Gasteiger partial charge on any atom is -0.493 e. The van der Waals surface area contributed by atoms with Crippen LogP contribution < -0.4 is 20.1 Å². The van der Waals surface area contributed by atoms with Gasteiger partial charge < -0.3 is 20.1 Å². The first-order valence-electron chi connectivity index (χ1n) is 9.00. The summed E-state index contributed by atoms with van der Waals surface area (Å²) in [6, 6.07) is 11.3. The first kappa shape index (κ1) is 23.9. The number of aromatic nitrogens is 4. The average molecular weight is 461 g/mol. The van der Waals surface area contributed by atoms with Gasteiger partial charge >= 0.3 is 0 Å². The van der Waals surface area contributed by atoms with E-state index in [-0.39, 0.29) is 24.8 Å². The molecule has 0 saturated heterocycles. The molecule has 31 heavy (non-hydrogen) atoms. The van der Waals surface area contributed by atoms with Gasteiger partial charge in [0.1, 0.15) is 5.82 Å². The highest BCUT2D eigenvalue weighted by Crippen LogP contribution is 2.35. The van der Waals surface area contributed by atoms with Crippen molar-refractivity contribution in [3.05, 3.63) is 66.7 Å². The van der Waals surface area contributed by atoms with E-state index in [1.165, 1.54) is 0 Å². The van der Waals surface area contributed by atoms with Crippen molar-refractivity contribution in [2.75, 3.05) is 24.9 Å². The summed E-state index contributed by atoms with van der Waals surface area (Å²) in [7, 11) is 3.20. The number of fused-ring (bicyclic) bond motifs is 1. The van der Waals surface area contributed by atoms with Crippen LogP contribution in [0.1, 0.15) is 5.56 Å². The molecule has 2 N–H and O–H groups in total. The third kappa shape index (κ3) is 5.62. The van der Waals surface area contributed by atoms with E-state index in [0.717, 1.165) is 22.2 Å². The monoisotopic (exact) mass is 460 g/mol. The SMILES string of the molecule is COc1cc2nc(Nc3ccncc3)nc(NCc3cccnc3)c2cc1OC.Cl.Cl. The van der Waals surface area contributed by atoms with Gasteiger partial charge in [-0.2, -0.15) is 4.98 Å². The van der Waals surface area contributed by atoms with Crippen LogP contribution in [0.25, 0.3) is 10.9 Å². The van der Waals surface area contributed by atoms with Crippen LogP contribution >= 0.6 is 24.8 Å². The lowest BCUT2D eigenvalue weighted by Gasteiger charge is -2.14. The van der Waals surface area contributed by atoms with Gasteiger partial charge in [-0.15, -0.1) is 24.8 Å². The quantitative estimate of drug-likeness (QED) is 0.411. The van der Waals surface area contributed by atoms with E-state index in [2.05, 4.69) is 30.6 Å². The number of hydrogen-bond acceptors (Lipinski definition) is 8. The second kappa shape index (κ2) is 11.1. The molecular formula is C21H22Cl2N6O2. The molecule has 0 saturated carbocycles. The Morgan fingerprint density at radius 1 is 0.871 bits per heavy atom. The lowest BCUT2D eigenvalue weighted by molar-refractivity contribution is 0.356. The maximum Gasteiger partial charge on any atom is 0.229 e. The molecule has 0 fully saturated rings. The fourth-order valence-corrected chi connectivity index (χ4v) is 2.90. The molecule has 0 bridgehead atoms. The van der Waals surface area contributed by atoms with E-state index in [4.69, 9.17) is 9.47 Å². The van der Waals surface area contributed by atoms with Gasteiger partial charge in [-0.05, 0) is 29.8 Å². The van der Waals surface area contributed by atoms with Gasteiger partial charge in [0, 0.05) is 48.5 Å². The fourth-order valence-electron chi connectivity index (χ4n) is 2.90. The van der Waals surface area contributed by atoms with Crippen LogP contribution in [-0.2, 0) is 6.54 Å². The van der Waals surface area contributed by atoms with Gasteiger partial charge in [0.25, 0.3) is 0 Å². The van der Waals surface area contributed by atoms with Crippen LogP contribution in [0.4, 0.5) is 17.5 Å². The van der Waals surface area contributed by atoms with Crippen molar-refractivity contribution in [1.82, 2.24) is 19.9 Å². The number of ether oxygens (including phenoxy) is 2. The Morgan fingerprint density at radius 3 is 2.29 bits per heavy atom. The van der Waals surface area contributed by atoms with Gasteiger partial charge in [-0.3, -0.25) is 9.97 Å². The van der Waals surface area contributed by atoms with Crippen molar-refractivity contribution in [3.8, 4) is 11.5 Å². The Kier molecular flexibility index (Phi) is 8.60. The number of anilines is 3. The first-order chi connectivity index (χ1) is 14.3. The molecule has 1 aromatic carbocycles. The average Bonchev–Trinajstić information content (AvgIpc) is 2.78. The smallest absolute Gasteiger partial charge is 0.229 e. The van der Waals surface area contributed by atoms with Crippen molar-refractivity contribution in [1.29, 1.82) is 0 Å². The number of benzene rings is 1.